The number of nitrogens with two attached hydrogens (primary N) is 1. The van der Waals surface area contributed by atoms with Gasteiger partial charge in [-0.1, -0.05) is 0 Å². The van der Waals surface area contributed by atoms with Gasteiger partial charge < -0.3 is 4.98 Å². The van der Waals surface area contributed by atoms with Crippen LogP contribution in [0.3, 0.4) is 0 Å². The molecule has 2 aromatic rings. The van der Waals surface area contributed by atoms with Gasteiger partial charge in [-0.15, -0.1) is 0 Å². The van der Waals surface area contributed by atoms with Crippen molar-refractivity contribution >= 4 is 11.2 Å². The van der Waals surface area contributed by atoms with Crippen molar-refractivity contribution in [3.05, 3.63) is 27.2 Å². The van der Waals surface area contributed by atoms with Crippen LogP contribution in [0.1, 0.15) is 0 Å². The minimum absolute atomic E-state index is 0.192. The highest BCUT2D eigenvalue weighted by Crippen LogP contribution is 1.93. The Labute approximate surface area is 70.3 Å². The SMILES string of the molecule is NNn1c(=O)[nH]c2nc[nH]c2c1=O. The second-order valence-electron chi connectivity index (χ2n) is 2.33. The smallest absolute Gasteiger partial charge is 0.339 e. The van der Waals surface area contributed by atoms with Gasteiger partial charge in [-0.2, -0.15) is 4.68 Å². The Hall–Kier alpha value is -2.09. The van der Waals surface area contributed by atoms with E-state index in [4.69, 9.17) is 5.84 Å². The average molecular weight is 182 g/mol. The average Bonchev–Trinajstić information content (AvgIpc) is 2.53. The van der Waals surface area contributed by atoms with E-state index in [1.807, 2.05) is 5.53 Å². The van der Waals surface area contributed by atoms with E-state index >= 15 is 0 Å². The van der Waals surface area contributed by atoms with Crippen LogP contribution >= 0.6 is 0 Å². The normalized spacial score (nSPS) is 10.5. The molecule has 0 saturated heterocycles. The highest BCUT2D eigenvalue weighted by atomic mass is 16.2. The molecule has 0 bridgehead atoms. The number of hydrogen-bond acceptors (Lipinski definition) is 5. The van der Waals surface area contributed by atoms with Crippen LogP contribution in [0.25, 0.3) is 11.2 Å². The van der Waals surface area contributed by atoms with Gasteiger partial charge in [-0.25, -0.2) is 15.6 Å². The highest BCUT2D eigenvalue weighted by molar-refractivity contribution is 5.67. The number of aromatic amines is 2. The van der Waals surface area contributed by atoms with E-state index in [1.165, 1.54) is 6.33 Å². The van der Waals surface area contributed by atoms with E-state index in [-0.39, 0.29) is 11.2 Å². The maximum Gasteiger partial charge on any atom is 0.350 e. The van der Waals surface area contributed by atoms with Crippen molar-refractivity contribution in [2.24, 2.45) is 5.84 Å². The van der Waals surface area contributed by atoms with E-state index in [1.54, 1.807) is 0 Å². The predicted molar refractivity (Wildman–Crippen MR) is 44.5 cm³/mol. The molecule has 8 nitrogen and oxygen atoms in total. The number of fused-ring (bicyclic) bond motifs is 1. The Kier molecular flexibility index (Phi) is 1.43. The summed E-state index contributed by atoms with van der Waals surface area (Å²) in [5.41, 5.74) is 1.13. The number of hydrazine groups is 1. The van der Waals surface area contributed by atoms with Crippen molar-refractivity contribution in [2.75, 3.05) is 5.53 Å². The van der Waals surface area contributed by atoms with Crippen LogP contribution in [0.4, 0.5) is 0 Å². The zero-order valence-electron chi connectivity index (χ0n) is 6.37. The van der Waals surface area contributed by atoms with Crippen molar-refractivity contribution in [1.82, 2.24) is 19.6 Å². The quantitative estimate of drug-likeness (QED) is 0.295. The lowest BCUT2D eigenvalue weighted by Crippen LogP contribution is -2.44. The van der Waals surface area contributed by atoms with Crippen molar-refractivity contribution in [1.29, 1.82) is 0 Å². The molecule has 0 atom stereocenters. The lowest BCUT2D eigenvalue weighted by Gasteiger charge is -1.99. The van der Waals surface area contributed by atoms with E-state index < -0.39 is 11.2 Å². The number of nitrogens with zero attached hydrogens (tertiary/aromatic N) is 2. The van der Waals surface area contributed by atoms with E-state index in [0.717, 1.165) is 0 Å². The lowest BCUT2D eigenvalue weighted by molar-refractivity contribution is 0.775. The fraction of sp³-hybridized carbons (Fsp3) is 0. The largest absolute Gasteiger partial charge is 0.350 e. The van der Waals surface area contributed by atoms with Gasteiger partial charge in [0.2, 0.25) is 0 Å². The fourth-order valence-electron chi connectivity index (χ4n) is 1.03. The first-order valence-corrected chi connectivity index (χ1v) is 3.39. The minimum atomic E-state index is -0.660. The van der Waals surface area contributed by atoms with Crippen molar-refractivity contribution in [3.8, 4) is 0 Å². The molecule has 0 aliphatic carbocycles. The molecule has 0 spiro atoms. The molecule has 0 unspecified atom stereocenters. The van der Waals surface area contributed by atoms with Gasteiger partial charge in [-0.05, 0) is 0 Å². The first kappa shape index (κ1) is 7.55. The Morgan fingerprint density at radius 2 is 2.31 bits per heavy atom. The number of imidazole rings is 1. The van der Waals surface area contributed by atoms with E-state index in [2.05, 4.69) is 15.0 Å². The molecule has 2 rings (SSSR count). The van der Waals surface area contributed by atoms with E-state index in [0.29, 0.717) is 4.68 Å². The summed E-state index contributed by atoms with van der Waals surface area (Å²) in [4.78, 5) is 31.1. The molecule has 0 radical (unpaired) electrons. The Morgan fingerprint density at radius 1 is 1.54 bits per heavy atom. The Bertz CT molecular complexity index is 548. The third-order valence-electron chi connectivity index (χ3n) is 1.61. The molecule has 0 aliphatic heterocycles. The van der Waals surface area contributed by atoms with Gasteiger partial charge in [0.15, 0.2) is 11.2 Å². The molecule has 0 saturated carbocycles. The third kappa shape index (κ3) is 0.924. The highest BCUT2D eigenvalue weighted by Gasteiger charge is 2.07. The number of H-pyrrole nitrogens is 2. The zero-order valence-corrected chi connectivity index (χ0v) is 6.37. The van der Waals surface area contributed by atoms with Gasteiger partial charge in [-0.3, -0.25) is 15.3 Å². The summed E-state index contributed by atoms with van der Waals surface area (Å²) in [5.74, 6) is 4.97. The number of nitrogen functional groups attached to an aromatic ring is 1. The number of aromatic nitrogens is 4. The van der Waals surface area contributed by atoms with Crippen LogP contribution in [0, 0.1) is 0 Å². The first-order valence-electron chi connectivity index (χ1n) is 3.39. The maximum atomic E-state index is 11.4. The zero-order chi connectivity index (χ0) is 9.42. The molecule has 0 amide bonds. The predicted octanol–water partition coefficient (Wildman–Crippen LogP) is -2.17. The van der Waals surface area contributed by atoms with Gasteiger partial charge >= 0.3 is 11.2 Å². The van der Waals surface area contributed by atoms with Gasteiger partial charge in [0, 0.05) is 0 Å². The van der Waals surface area contributed by atoms with Crippen LogP contribution < -0.4 is 22.6 Å². The first-order chi connectivity index (χ1) is 6.24. The molecule has 0 fully saturated rings. The summed E-state index contributed by atoms with van der Waals surface area (Å²) in [6, 6.07) is 0. The molecule has 13 heavy (non-hydrogen) atoms. The minimum Gasteiger partial charge on any atom is -0.339 e. The number of nitrogens with one attached hydrogen (secondary N) is 3. The summed E-state index contributed by atoms with van der Waals surface area (Å²) in [6.45, 7) is 0. The molecule has 0 aromatic carbocycles. The molecular weight excluding hydrogens is 176 g/mol. The van der Waals surface area contributed by atoms with Crippen molar-refractivity contribution in [3.63, 3.8) is 0 Å². The standard InChI is InChI=1S/C5H6N6O2/c6-10-11-4(12)2-3(8-1-7-2)9-5(11)13/h1,10H,6H2,(H,7,8)(H,9,13). The molecule has 0 aliphatic rings. The van der Waals surface area contributed by atoms with Crippen LogP contribution in [-0.2, 0) is 0 Å². The Morgan fingerprint density at radius 3 is 3.00 bits per heavy atom. The summed E-state index contributed by atoms with van der Waals surface area (Å²) < 4.78 is 0.639. The second-order valence-corrected chi connectivity index (χ2v) is 2.33. The van der Waals surface area contributed by atoms with Crippen LogP contribution in [0.2, 0.25) is 0 Å². The van der Waals surface area contributed by atoms with Crippen LogP contribution in [0.5, 0.6) is 0 Å². The van der Waals surface area contributed by atoms with Crippen molar-refractivity contribution < 1.29 is 0 Å². The maximum absolute atomic E-state index is 11.4. The molecule has 2 aromatic heterocycles. The summed E-state index contributed by atoms with van der Waals surface area (Å²) in [5, 5.41) is 0. The summed E-state index contributed by atoms with van der Waals surface area (Å²) in [7, 11) is 0. The van der Waals surface area contributed by atoms with Gasteiger partial charge in [0.1, 0.15) is 0 Å². The second kappa shape index (κ2) is 2.45. The summed E-state index contributed by atoms with van der Waals surface area (Å²) >= 11 is 0. The van der Waals surface area contributed by atoms with Crippen LogP contribution in [-0.4, -0.2) is 19.6 Å². The van der Waals surface area contributed by atoms with Gasteiger partial charge in [0.05, 0.1) is 6.33 Å². The molecule has 2 heterocycles. The van der Waals surface area contributed by atoms with E-state index in [9.17, 15) is 9.59 Å². The number of rotatable bonds is 1. The lowest BCUT2D eigenvalue weighted by atomic mass is 10.5. The topological polar surface area (TPSA) is 122 Å². The Balaban J connectivity index is 3.02. The number of hydrogen-bond donors (Lipinski definition) is 4. The van der Waals surface area contributed by atoms with Gasteiger partial charge in [0.25, 0.3) is 0 Å². The van der Waals surface area contributed by atoms with Crippen LogP contribution in [0.15, 0.2) is 15.9 Å². The fourth-order valence-corrected chi connectivity index (χ4v) is 1.03. The third-order valence-corrected chi connectivity index (χ3v) is 1.61. The molecule has 5 N–H and O–H groups in total. The summed E-state index contributed by atoms with van der Waals surface area (Å²) in [6.07, 6.45) is 1.31. The van der Waals surface area contributed by atoms with Crippen molar-refractivity contribution in [2.45, 2.75) is 0 Å². The monoisotopic (exact) mass is 182 g/mol. The molecular formula is C5H6N6O2. The molecule has 68 valence electrons. The molecule has 8 heteroatoms.